The number of phosphoric acid groups is 2. The van der Waals surface area contributed by atoms with Gasteiger partial charge in [-0.1, -0.05) is 12.1 Å². The molecule has 0 amide bonds. The van der Waals surface area contributed by atoms with Crippen LogP contribution in [0.15, 0.2) is 36.9 Å². The highest BCUT2D eigenvalue weighted by molar-refractivity contribution is 7.60. The number of carbonyl (C=O) groups is 1. The van der Waals surface area contributed by atoms with Crippen molar-refractivity contribution in [1.82, 2.24) is 19.5 Å². The van der Waals surface area contributed by atoms with Gasteiger partial charge in [0, 0.05) is 12.1 Å². The summed E-state index contributed by atoms with van der Waals surface area (Å²) in [5.41, 5.74) is 12.5. The lowest BCUT2D eigenvalue weighted by atomic mass is 10.1. The van der Waals surface area contributed by atoms with Gasteiger partial charge in [-0.2, -0.15) is 4.31 Å². The van der Waals surface area contributed by atoms with Crippen LogP contribution in [0.2, 0.25) is 0 Å². The number of ether oxygens (including phenoxy) is 2. The first kappa shape index (κ1) is 25.2. The third-order valence-corrected chi connectivity index (χ3v) is 7.08. The number of nitrogens with zero attached hydrogens (tertiary/aromatic N) is 4. The Morgan fingerprint density at radius 2 is 1.91 bits per heavy atom. The lowest BCUT2D eigenvalue weighted by molar-refractivity contribution is -0.0490. The lowest BCUT2D eigenvalue weighted by Crippen LogP contribution is -2.31. The zero-order chi connectivity index (χ0) is 25.4. The average molecular weight is 530 g/mol. The van der Waals surface area contributed by atoms with Crippen molar-refractivity contribution < 1.29 is 46.9 Å². The molecule has 4 rings (SSSR count). The molecule has 3 heterocycles. The van der Waals surface area contributed by atoms with Gasteiger partial charge in [-0.15, -0.1) is 0 Å². The van der Waals surface area contributed by atoms with Gasteiger partial charge in [0.05, 0.1) is 18.5 Å². The highest BCUT2D eigenvalue weighted by Gasteiger charge is 2.42. The third kappa shape index (κ3) is 5.83. The van der Waals surface area contributed by atoms with E-state index in [1.807, 2.05) is 0 Å². The summed E-state index contributed by atoms with van der Waals surface area (Å²) in [4.78, 5) is 52.0. The van der Waals surface area contributed by atoms with E-state index in [0.29, 0.717) is 11.2 Å². The summed E-state index contributed by atoms with van der Waals surface area (Å²) in [6, 6.07) is 6.18. The van der Waals surface area contributed by atoms with Crippen molar-refractivity contribution in [2.75, 3.05) is 18.1 Å². The molecular formula is C17H20N6O10P2. The van der Waals surface area contributed by atoms with Crippen LogP contribution >= 0.6 is 15.6 Å². The van der Waals surface area contributed by atoms with Crippen LogP contribution < -0.4 is 11.5 Å². The number of aromatic nitrogens is 4. The average Bonchev–Trinajstić information content (AvgIpc) is 3.35. The highest BCUT2D eigenvalue weighted by atomic mass is 31.3. The van der Waals surface area contributed by atoms with Gasteiger partial charge in [-0.3, -0.25) is 9.09 Å². The number of imidazole rings is 1. The molecule has 0 radical (unpaired) electrons. The Balaban J connectivity index is 1.57. The predicted octanol–water partition coefficient (Wildman–Crippen LogP) is 0.730. The van der Waals surface area contributed by atoms with Crippen molar-refractivity contribution >= 4 is 44.3 Å². The molecule has 18 heteroatoms. The van der Waals surface area contributed by atoms with Crippen LogP contribution in [0.25, 0.3) is 11.2 Å². The fraction of sp³-hybridized carbons (Fsp3) is 0.294. The molecule has 35 heavy (non-hydrogen) atoms. The smallest absolute Gasteiger partial charge is 0.456 e. The molecule has 0 bridgehead atoms. The maximum Gasteiger partial charge on any atom is 0.481 e. The maximum atomic E-state index is 12.7. The number of esters is 1. The number of fused-ring (bicyclic) bond motifs is 1. The molecule has 4 atom stereocenters. The van der Waals surface area contributed by atoms with Crippen molar-refractivity contribution in [2.24, 2.45) is 0 Å². The van der Waals surface area contributed by atoms with Crippen LogP contribution in [0.5, 0.6) is 0 Å². The molecule has 2 aromatic heterocycles. The van der Waals surface area contributed by atoms with Gasteiger partial charge in [0.1, 0.15) is 30.3 Å². The van der Waals surface area contributed by atoms with E-state index in [2.05, 4.69) is 23.8 Å². The minimum absolute atomic E-state index is 0.0248. The number of rotatable bonds is 8. The molecule has 1 aliphatic heterocycles. The monoisotopic (exact) mass is 530 g/mol. The zero-order valence-electron chi connectivity index (χ0n) is 17.6. The highest BCUT2D eigenvalue weighted by Crippen LogP contribution is 2.57. The molecule has 1 saturated heterocycles. The van der Waals surface area contributed by atoms with Crippen LogP contribution in [-0.2, 0) is 27.4 Å². The summed E-state index contributed by atoms with van der Waals surface area (Å²) >= 11 is 0. The number of benzene rings is 1. The van der Waals surface area contributed by atoms with Gasteiger partial charge in [0.25, 0.3) is 0 Å². The van der Waals surface area contributed by atoms with Gasteiger partial charge in [0.2, 0.25) is 0 Å². The van der Waals surface area contributed by atoms with Crippen molar-refractivity contribution in [2.45, 2.75) is 24.9 Å². The van der Waals surface area contributed by atoms with Crippen molar-refractivity contribution in [3.05, 3.63) is 42.5 Å². The number of phosphoric ester groups is 1. The summed E-state index contributed by atoms with van der Waals surface area (Å²) in [7, 11) is -10.5. The number of anilines is 2. The molecule has 1 fully saturated rings. The fourth-order valence-corrected chi connectivity index (χ4v) is 5.03. The van der Waals surface area contributed by atoms with Crippen LogP contribution in [0.4, 0.5) is 11.5 Å². The minimum atomic E-state index is -5.33. The Bertz CT molecular complexity index is 1350. The normalized spacial score (nSPS) is 22.2. The third-order valence-electron chi connectivity index (χ3n) is 4.93. The van der Waals surface area contributed by atoms with E-state index in [4.69, 9.17) is 30.7 Å². The maximum absolute atomic E-state index is 12.7. The van der Waals surface area contributed by atoms with E-state index in [-0.39, 0.29) is 23.5 Å². The molecule has 0 aliphatic carbocycles. The second-order valence-electron chi connectivity index (χ2n) is 7.32. The first-order chi connectivity index (χ1) is 16.4. The summed E-state index contributed by atoms with van der Waals surface area (Å²) < 4.78 is 44.2. The van der Waals surface area contributed by atoms with Gasteiger partial charge in [0.15, 0.2) is 11.5 Å². The quantitative estimate of drug-likeness (QED) is 0.153. The van der Waals surface area contributed by atoms with E-state index < -0.39 is 46.7 Å². The Kier molecular flexibility index (Phi) is 6.90. The van der Waals surface area contributed by atoms with Crippen LogP contribution in [0, 0.1) is 0 Å². The van der Waals surface area contributed by atoms with Gasteiger partial charge >= 0.3 is 21.6 Å². The van der Waals surface area contributed by atoms with E-state index in [1.54, 1.807) is 12.1 Å². The van der Waals surface area contributed by atoms with Crippen molar-refractivity contribution in [3.63, 3.8) is 0 Å². The molecule has 16 nitrogen and oxygen atoms in total. The number of carbonyl (C=O) groups excluding carboxylic acids is 1. The van der Waals surface area contributed by atoms with Crippen molar-refractivity contribution in [3.8, 4) is 0 Å². The van der Waals surface area contributed by atoms with Crippen LogP contribution in [-0.4, -0.2) is 59.0 Å². The molecule has 7 N–H and O–H groups in total. The number of hydrogen-bond acceptors (Lipinski definition) is 12. The molecule has 0 saturated carbocycles. The largest absolute Gasteiger partial charge is 0.481 e. The minimum Gasteiger partial charge on any atom is -0.456 e. The molecule has 0 spiro atoms. The first-order valence-corrected chi connectivity index (χ1v) is 12.8. The molecule has 1 aromatic carbocycles. The summed E-state index contributed by atoms with van der Waals surface area (Å²) in [6.07, 6.45) is -0.412. The topological polar surface area (TPSA) is 244 Å². The second-order valence-corrected chi connectivity index (χ2v) is 10.1. The fourth-order valence-electron chi connectivity index (χ4n) is 3.44. The summed E-state index contributed by atoms with van der Waals surface area (Å²) in [6.45, 7) is -0.726. The van der Waals surface area contributed by atoms with E-state index in [9.17, 15) is 18.8 Å². The molecule has 3 aromatic rings. The summed E-state index contributed by atoms with van der Waals surface area (Å²) in [5.74, 6) is -0.659. The van der Waals surface area contributed by atoms with E-state index in [1.165, 1.54) is 29.4 Å². The number of nitrogen functional groups attached to an aromatic ring is 2. The molecule has 188 valence electrons. The van der Waals surface area contributed by atoms with E-state index in [0.717, 1.165) is 0 Å². The lowest BCUT2D eigenvalue weighted by Gasteiger charge is -2.20. The standard InChI is InChI=1S/C17H20N6O10P2/c18-10-4-2-1-3-9(10)17(24)32-11-5-13(23-8-22-14-15(19)20-7-21-16(14)23)31-12(11)6-30-35(28,29)33-34(25,26)27/h1-4,7-8,11-13H,5-6,18H2,(H,28,29)(H2,19,20,21)(H2,25,26,27)/t11-,12+,13+/m0/s1. The summed E-state index contributed by atoms with van der Waals surface area (Å²) in [5, 5.41) is 0. The number of hydrogen-bond donors (Lipinski definition) is 5. The van der Waals surface area contributed by atoms with E-state index >= 15 is 0 Å². The van der Waals surface area contributed by atoms with Crippen LogP contribution in [0.3, 0.4) is 0 Å². The Morgan fingerprint density at radius 3 is 2.63 bits per heavy atom. The Morgan fingerprint density at radius 1 is 1.17 bits per heavy atom. The molecule has 1 unspecified atom stereocenters. The molecule has 1 aliphatic rings. The van der Waals surface area contributed by atoms with Crippen molar-refractivity contribution in [1.29, 1.82) is 0 Å². The first-order valence-electron chi connectivity index (χ1n) is 9.82. The second kappa shape index (κ2) is 9.60. The van der Waals surface area contributed by atoms with Gasteiger partial charge in [-0.05, 0) is 12.1 Å². The molecular weight excluding hydrogens is 510 g/mol. The van der Waals surface area contributed by atoms with Crippen LogP contribution in [0.1, 0.15) is 23.0 Å². The number of para-hydroxylation sites is 1. The Labute approximate surface area is 196 Å². The van der Waals surface area contributed by atoms with Gasteiger partial charge < -0.3 is 35.6 Å². The predicted molar refractivity (Wildman–Crippen MR) is 117 cm³/mol. The SMILES string of the molecule is Nc1ccccc1C(=O)O[C@H]1C[C@H](n2cnc3c(N)ncnc32)O[C@@H]1COP(=O)(O)OP(=O)(O)O. The zero-order valence-corrected chi connectivity index (χ0v) is 19.4. The number of nitrogens with two attached hydrogens (primary N) is 2. The van der Waals surface area contributed by atoms with Gasteiger partial charge in [-0.25, -0.2) is 28.9 Å². The Hall–Kier alpha value is -2.94.